The minimum atomic E-state index is 0.416. The van der Waals surface area contributed by atoms with Crippen LogP contribution in [0.15, 0.2) is 11.3 Å². The second-order valence-corrected chi connectivity index (χ2v) is 5.83. The zero-order valence-electron chi connectivity index (χ0n) is 14.1. The lowest BCUT2D eigenvalue weighted by atomic mass is 10.0. The molecule has 2 N–H and O–H groups in total. The molecule has 21 heavy (non-hydrogen) atoms. The van der Waals surface area contributed by atoms with E-state index in [-0.39, 0.29) is 0 Å². The Morgan fingerprint density at radius 1 is 1.33 bits per heavy atom. The average molecular weight is 294 g/mol. The van der Waals surface area contributed by atoms with Crippen LogP contribution in [0.25, 0.3) is 0 Å². The van der Waals surface area contributed by atoms with E-state index >= 15 is 0 Å². The molecule has 0 saturated carbocycles. The van der Waals surface area contributed by atoms with E-state index in [0.717, 1.165) is 30.7 Å². The van der Waals surface area contributed by atoms with E-state index in [9.17, 15) is 0 Å². The molecule has 1 aromatic rings. The number of aliphatic imine (C=N–C) groups is 1. The van der Waals surface area contributed by atoms with E-state index in [2.05, 4.69) is 53.5 Å². The first-order chi connectivity index (χ1) is 10.1. The first kappa shape index (κ1) is 17.5. The fraction of sp³-hybridized carbons (Fsp3) is 0.800. The summed E-state index contributed by atoms with van der Waals surface area (Å²) in [4.78, 5) is 4.26. The van der Waals surface area contributed by atoms with E-state index in [4.69, 9.17) is 0 Å². The van der Waals surface area contributed by atoms with Crippen LogP contribution in [0.5, 0.6) is 0 Å². The lowest BCUT2D eigenvalue weighted by Gasteiger charge is -2.18. The minimum absolute atomic E-state index is 0.416. The maximum atomic E-state index is 4.26. The summed E-state index contributed by atoms with van der Waals surface area (Å²) in [6.45, 7) is 10.3. The summed E-state index contributed by atoms with van der Waals surface area (Å²) < 4.78 is 2.02. The van der Waals surface area contributed by atoms with Gasteiger partial charge in [-0.15, -0.1) is 10.2 Å². The third kappa shape index (κ3) is 6.60. The number of nitrogens with one attached hydrogen (secondary N) is 2. The van der Waals surface area contributed by atoms with Crippen LogP contribution >= 0.6 is 0 Å². The number of guanidine groups is 1. The van der Waals surface area contributed by atoms with E-state index in [1.807, 2.05) is 4.57 Å². The van der Waals surface area contributed by atoms with Gasteiger partial charge in [0.2, 0.25) is 0 Å². The van der Waals surface area contributed by atoms with Crippen molar-refractivity contribution in [2.24, 2.45) is 10.9 Å². The van der Waals surface area contributed by atoms with E-state index < -0.39 is 0 Å². The molecule has 1 atom stereocenters. The van der Waals surface area contributed by atoms with E-state index in [1.165, 1.54) is 12.8 Å². The van der Waals surface area contributed by atoms with E-state index in [0.29, 0.717) is 12.6 Å². The highest BCUT2D eigenvalue weighted by molar-refractivity contribution is 5.79. The maximum Gasteiger partial charge on any atom is 0.191 e. The van der Waals surface area contributed by atoms with Crippen LogP contribution in [-0.4, -0.2) is 33.8 Å². The van der Waals surface area contributed by atoms with Crippen LogP contribution in [0.3, 0.4) is 0 Å². The Kier molecular flexibility index (Phi) is 7.79. The molecular formula is C15H30N6. The summed E-state index contributed by atoms with van der Waals surface area (Å²) in [7, 11) is 1.79. The zero-order valence-corrected chi connectivity index (χ0v) is 14.1. The summed E-state index contributed by atoms with van der Waals surface area (Å²) in [5, 5.41) is 14.8. The van der Waals surface area contributed by atoms with Crippen LogP contribution in [0.2, 0.25) is 0 Å². The molecule has 6 nitrogen and oxygen atoms in total. The van der Waals surface area contributed by atoms with Gasteiger partial charge in [-0.1, -0.05) is 26.7 Å². The summed E-state index contributed by atoms with van der Waals surface area (Å²) in [5.41, 5.74) is 0. The van der Waals surface area contributed by atoms with Crippen molar-refractivity contribution in [3.8, 4) is 0 Å². The Hall–Kier alpha value is -1.59. The van der Waals surface area contributed by atoms with Gasteiger partial charge >= 0.3 is 0 Å². The third-order valence-electron chi connectivity index (χ3n) is 3.48. The van der Waals surface area contributed by atoms with Gasteiger partial charge < -0.3 is 15.2 Å². The van der Waals surface area contributed by atoms with Gasteiger partial charge in [0.25, 0.3) is 0 Å². The lowest BCUT2D eigenvalue weighted by Crippen LogP contribution is -2.42. The number of hydrogen-bond acceptors (Lipinski definition) is 3. The van der Waals surface area contributed by atoms with Crippen molar-refractivity contribution in [1.82, 2.24) is 25.4 Å². The van der Waals surface area contributed by atoms with Crippen LogP contribution < -0.4 is 10.6 Å². The molecule has 0 aliphatic rings. The van der Waals surface area contributed by atoms with Gasteiger partial charge in [-0.25, -0.2) is 0 Å². The highest BCUT2D eigenvalue weighted by Gasteiger charge is 2.07. The van der Waals surface area contributed by atoms with Crippen LogP contribution in [-0.2, 0) is 13.1 Å². The molecule has 1 heterocycles. The van der Waals surface area contributed by atoms with Crippen molar-refractivity contribution in [3.05, 3.63) is 12.2 Å². The number of aromatic nitrogens is 3. The van der Waals surface area contributed by atoms with Gasteiger partial charge in [0.05, 0.1) is 6.54 Å². The van der Waals surface area contributed by atoms with Crippen molar-refractivity contribution < 1.29 is 0 Å². The number of hydrogen-bond donors (Lipinski definition) is 2. The number of nitrogens with zero attached hydrogens (tertiary/aromatic N) is 4. The van der Waals surface area contributed by atoms with Crippen molar-refractivity contribution in [2.75, 3.05) is 7.05 Å². The van der Waals surface area contributed by atoms with Gasteiger partial charge in [-0.05, 0) is 26.2 Å². The standard InChI is InChI=1S/C15H30N6/c1-6-21-11-18-20-14(21)10-17-15(16-5)19-13(4)9-7-8-12(2)3/h11-13H,6-10H2,1-5H3,(H2,16,17,19). The Morgan fingerprint density at radius 3 is 2.71 bits per heavy atom. The Labute approximate surface area is 128 Å². The molecule has 0 amide bonds. The van der Waals surface area contributed by atoms with Crippen LogP contribution in [0, 0.1) is 5.92 Å². The highest BCUT2D eigenvalue weighted by Crippen LogP contribution is 2.08. The molecule has 0 aliphatic carbocycles. The fourth-order valence-electron chi connectivity index (χ4n) is 2.18. The van der Waals surface area contributed by atoms with Gasteiger partial charge in [-0.3, -0.25) is 4.99 Å². The fourth-order valence-corrected chi connectivity index (χ4v) is 2.18. The monoisotopic (exact) mass is 294 g/mol. The molecule has 0 bridgehead atoms. The quantitative estimate of drug-likeness (QED) is 0.569. The molecule has 0 fully saturated rings. The zero-order chi connectivity index (χ0) is 15.7. The summed E-state index contributed by atoms with van der Waals surface area (Å²) in [6, 6.07) is 0.416. The lowest BCUT2D eigenvalue weighted by molar-refractivity contribution is 0.491. The first-order valence-electron chi connectivity index (χ1n) is 7.90. The largest absolute Gasteiger partial charge is 0.354 e. The Morgan fingerprint density at radius 2 is 2.10 bits per heavy atom. The second-order valence-electron chi connectivity index (χ2n) is 5.83. The third-order valence-corrected chi connectivity index (χ3v) is 3.48. The molecule has 0 aromatic carbocycles. The Balaban J connectivity index is 2.35. The normalized spacial score (nSPS) is 13.5. The molecule has 0 spiro atoms. The second kappa shape index (κ2) is 9.37. The van der Waals surface area contributed by atoms with E-state index in [1.54, 1.807) is 13.4 Å². The molecule has 1 rings (SSSR count). The van der Waals surface area contributed by atoms with Gasteiger partial charge in [-0.2, -0.15) is 0 Å². The minimum Gasteiger partial charge on any atom is -0.354 e. The topological polar surface area (TPSA) is 67.1 Å². The average Bonchev–Trinajstić information content (AvgIpc) is 2.90. The van der Waals surface area contributed by atoms with Gasteiger partial charge in [0.1, 0.15) is 6.33 Å². The molecule has 0 saturated heterocycles. The van der Waals surface area contributed by atoms with Gasteiger partial charge in [0.15, 0.2) is 11.8 Å². The van der Waals surface area contributed by atoms with Crippen molar-refractivity contribution >= 4 is 5.96 Å². The molecule has 0 radical (unpaired) electrons. The summed E-state index contributed by atoms with van der Waals surface area (Å²) >= 11 is 0. The summed E-state index contributed by atoms with van der Waals surface area (Å²) in [6.07, 6.45) is 5.43. The SMILES string of the molecule is CCn1cnnc1CNC(=NC)NC(C)CCCC(C)C. The molecule has 1 unspecified atom stereocenters. The predicted octanol–water partition coefficient (Wildman–Crippen LogP) is 2.18. The predicted molar refractivity (Wildman–Crippen MR) is 87.2 cm³/mol. The molecule has 120 valence electrons. The maximum absolute atomic E-state index is 4.26. The first-order valence-corrected chi connectivity index (χ1v) is 7.90. The van der Waals surface area contributed by atoms with Crippen LogP contribution in [0.1, 0.15) is 52.8 Å². The Bertz CT molecular complexity index is 424. The molecule has 1 aromatic heterocycles. The van der Waals surface area contributed by atoms with Crippen LogP contribution in [0.4, 0.5) is 0 Å². The smallest absolute Gasteiger partial charge is 0.191 e. The van der Waals surface area contributed by atoms with Crippen molar-refractivity contribution in [3.63, 3.8) is 0 Å². The molecule has 6 heteroatoms. The van der Waals surface area contributed by atoms with Crippen molar-refractivity contribution in [2.45, 2.75) is 66.1 Å². The molecule has 0 aliphatic heterocycles. The molecular weight excluding hydrogens is 264 g/mol. The van der Waals surface area contributed by atoms with Crippen molar-refractivity contribution in [1.29, 1.82) is 0 Å². The highest BCUT2D eigenvalue weighted by atomic mass is 15.3. The number of aryl methyl sites for hydroxylation is 1. The van der Waals surface area contributed by atoms with Gasteiger partial charge in [0, 0.05) is 19.6 Å². The summed E-state index contributed by atoms with van der Waals surface area (Å²) in [5.74, 6) is 2.51. The number of rotatable bonds is 8.